The second-order valence-electron chi connectivity index (χ2n) is 4.54. The highest BCUT2D eigenvalue weighted by molar-refractivity contribution is 5.46. The van der Waals surface area contributed by atoms with E-state index < -0.39 is 0 Å². The Hall–Kier alpha value is -1.22. The van der Waals surface area contributed by atoms with Gasteiger partial charge in [-0.15, -0.1) is 0 Å². The number of rotatable bonds is 7. The van der Waals surface area contributed by atoms with Crippen LogP contribution in [0.3, 0.4) is 0 Å². The number of ether oxygens (including phenoxy) is 2. The van der Waals surface area contributed by atoms with Gasteiger partial charge >= 0.3 is 0 Å². The summed E-state index contributed by atoms with van der Waals surface area (Å²) >= 11 is 0. The summed E-state index contributed by atoms with van der Waals surface area (Å²) in [5, 5.41) is 3.46. The van der Waals surface area contributed by atoms with Crippen LogP contribution < -0.4 is 10.1 Å². The third-order valence-corrected chi connectivity index (χ3v) is 3.23. The van der Waals surface area contributed by atoms with E-state index in [1.54, 1.807) is 7.11 Å². The third kappa shape index (κ3) is 3.93. The predicted molar refractivity (Wildman–Crippen MR) is 69.6 cm³/mol. The van der Waals surface area contributed by atoms with E-state index in [0.717, 1.165) is 18.2 Å². The van der Waals surface area contributed by atoms with Gasteiger partial charge in [0, 0.05) is 19.3 Å². The molecule has 0 spiro atoms. The van der Waals surface area contributed by atoms with Crippen molar-refractivity contribution < 1.29 is 9.47 Å². The molecule has 1 aliphatic carbocycles. The number of nitrogens with one attached hydrogen (secondary N) is 1. The van der Waals surface area contributed by atoms with Crippen LogP contribution in [0.25, 0.3) is 0 Å². The summed E-state index contributed by atoms with van der Waals surface area (Å²) in [5.41, 5.74) is 1.18. The largest absolute Gasteiger partial charge is 0.491 e. The fourth-order valence-corrected chi connectivity index (χ4v) is 1.87. The Morgan fingerprint density at radius 2 is 1.94 bits per heavy atom. The Labute approximate surface area is 103 Å². The normalized spacial score (nSPS) is 15.4. The molecule has 1 N–H and O–H groups in total. The molecule has 0 unspecified atom stereocenters. The fraction of sp³-hybridized carbons (Fsp3) is 0.571. The van der Waals surface area contributed by atoms with Gasteiger partial charge in [-0.3, -0.25) is 0 Å². The van der Waals surface area contributed by atoms with Crippen LogP contribution in [-0.2, 0) is 4.74 Å². The Kier molecular flexibility index (Phi) is 4.68. The number of anilines is 1. The molecule has 0 radical (unpaired) electrons. The van der Waals surface area contributed by atoms with Gasteiger partial charge in [0.2, 0.25) is 0 Å². The lowest BCUT2D eigenvalue weighted by Gasteiger charge is -2.25. The topological polar surface area (TPSA) is 30.5 Å². The molecule has 0 amide bonds. The van der Waals surface area contributed by atoms with E-state index >= 15 is 0 Å². The van der Waals surface area contributed by atoms with Crippen molar-refractivity contribution in [3.05, 3.63) is 24.3 Å². The van der Waals surface area contributed by atoms with Crippen molar-refractivity contribution in [2.24, 2.45) is 5.92 Å². The number of hydrogen-bond acceptors (Lipinski definition) is 3. The molecule has 1 aromatic rings. The highest BCUT2D eigenvalue weighted by Gasteiger charge is 2.16. The standard InChI is InChI=1S/C14H21NO2/c1-16-9-10-17-14-7-5-13(6-8-14)15-11-12-3-2-4-12/h5-8,12,15H,2-4,9-11H2,1H3. The molecular formula is C14H21NO2. The minimum atomic E-state index is 0.603. The van der Waals surface area contributed by atoms with Crippen molar-refractivity contribution in [1.82, 2.24) is 0 Å². The van der Waals surface area contributed by atoms with E-state index in [-0.39, 0.29) is 0 Å². The molecule has 0 atom stereocenters. The van der Waals surface area contributed by atoms with Gasteiger partial charge in [-0.1, -0.05) is 6.42 Å². The van der Waals surface area contributed by atoms with Crippen molar-refractivity contribution in [2.75, 3.05) is 32.2 Å². The van der Waals surface area contributed by atoms with Crippen molar-refractivity contribution in [1.29, 1.82) is 0 Å². The van der Waals surface area contributed by atoms with Gasteiger partial charge in [0.15, 0.2) is 0 Å². The van der Waals surface area contributed by atoms with Gasteiger partial charge in [0.05, 0.1) is 6.61 Å². The molecule has 2 rings (SSSR count). The molecule has 0 bridgehead atoms. The zero-order chi connectivity index (χ0) is 11.9. The molecule has 17 heavy (non-hydrogen) atoms. The molecule has 1 aliphatic rings. The zero-order valence-electron chi connectivity index (χ0n) is 10.4. The van der Waals surface area contributed by atoms with Crippen molar-refractivity contribution in [3.63, 3.8) is 0 Å². The molecule has 0 aliphatic heterocycles. The first-order valence-electron chi connectivity index (χ1n) is 6.34. The quantitative estimate of drug-likeness (QED) is 0.737. The molecule has 1 saturated carbocycles. The van der Waals surface area contributed by atoms with Gasteiger partial charge < -0.3 is 14.8 Å². The second kappa shape index (κ2) is 6.50. The Morgan fingerprint density at radius 3 is 2.53 bits per heavy atom. The van der Waals surface area contributed by atoms with Gasteiger partial charge in [-0.05, 0) is 43.0 Å². The lowest BCUT2D eigenvalue weighted by molar-refractivity contribution is 0.146. The maximum Gasteiger partial charge on any atom is 0.119 e. The number of methoxy groups -OCH3 is 1. The first-order valence-corrected chi connectivity index (χ1v) is 6.34. The Balaban J connectivity index is 1.72. The summed E-state index contributed by atoms with van der Waals surface area (Å²) in [6, 6.07) is 8.14. The molecule has 1 fully saturated rings. The van der Waals surface area contributed by atoms with Gasteiger partial charge in [0.1, 0.15) is 12.4 Å². The maximum atomic E-state index is 5.51. The van der Waals surface area contributed by atoms with E-state index in [9.17, 15) is 0 Å². The van der Waals surface area contributed by atoms with Crippen molar-refractivity contribution in [3.8, 4) is 5.75 Å². The average Bonchev–Trinajstić information content (AvgIpc) is 2.29. The van der Waals surface area contributed by atoms with Crippen LogP contribution in [0.1, 0.15) is 19.3 Å². The SMILES string of the molecule is COCCOc1ccc(NCC2CCC2)cc1. The second-order valence-corrected chi connectivity index (χ2v) is 4.54. The number of hydrogen-bond donors (Lipinski definition) is 1. The summed E-state index contributed by atoms with van der Waals surface area (Å²) in [5.74, 6) is 1.78. The van der Waals surface area contributed by atoms with Crippen molar-refractivity contribution in [2.45, 2.75) is 19.3 Å². The van der Waals surface area contributed by atoms with Gasteiger partial charge in [0.25, 0.3) is 0 Å². The summed E-state index contributed by atoms with van der Waals surface area (Å²) in [7, 11) is 1.68. The minimum Gasteiger partial charge on any atom is -0.491 e. The molecule has 0 aromatic heterocycles. The van der Waals surface area contributed by atoms with Crippen LogP contribution in [0.5, 0.6) is 5.75 Å². The average molecular weight is 235 g/mol. The van der Waals surface area contributed by atoms with E-state index in [1.165, 1.54) is 24.9 Å². The van der Waals surface area contributed by atoms with E-state index in [1.807, 2.05) is 12.1 Å². The van der Waals surface area contributed by atoms with Gasteiger partial charge in [-0.25, -0.2) is 0 Å². The third-order valence-electron chi connectivity index (χ3n) is 3.23. The lowest BCUT2D eigenvalue weighted by atomic mass is 9.85. The Morgan fingerprint density at radius 1 is 1.18 bits per heavy atom. The first kappa shape index (κ1) is 12.2. The first-order chi connectivity index (χ1) is 8.38. The minimum absolute atomic E-state index is 0.603. The molecule has 94 valence electrons. The van der Waals surface area contributed by atoms with E-state index in [0.29, 0.717) is 13.2 Å². The highest BCUT2D eigenvalue weighted by atomic mass is 16.5. The smallest absolute Gasteiger partial charge is 0.119 e. The molecule has 3 heteroatoms. The van der Waals surface area contributed by atoms with Crippen LogP contribution >= 0.6 is 0 Å². The monoisotopic (exact) mass is 235 g/mol. The molecule has 1 aromatic carbocycles. The molecule has 3 nitrogen and oxygen atoms in total. The summed E-state index contributed by atoms with van der Waals surface area (Å²) < 4.78 is 10.4. The summed E-state index contributed by atoms with van der Waals surface area (Å²) in [4.78, 5) is 0. The van der Waals surface area contributed by atoms with Crippen LogP contribution in [0.4, 0.5) is 5.69 Å². The number of benzene rings is 1. The van der Waals surface area contributed by atoms with Crippen LogP contribution in [-0.4, -0.2) is 26.9 Å². The maximum absolute atomic E-state index is 5.51. The summed E-state index contributed by atoms with van der Waals surface area (Å²) in [6.45, 7) is 2.33. The predicted octanol–water partition coefficient (Wildman–Crippen LogP) is 2.92. The van der Waals surface area contributed by atoms with Crippen LogP contribution in [0.15, 0.2) is 24.3 Å². The lowest BCUT2D eigenvalue weighted by Crippen LogP contribution is -2.20. The molecule has 0 saturated heterocycles. The van der Waals surface area contributed by atoms with Gasteiger partial charge in [-0.2, -0.15) is 0 Å². The van der Waals surface area contributed by atoms with Crippen molar-refractivity contribution >= 4 is 5.69 Å². The van der Waals surface area contributed by atoms with E-state index in [4.69, 9.17) is 9.47 Å². The molecule has 0 heterocycles. The zero-order valence-corrected chi connectivity index (χ0v) is 10.4. The highest BCUT2D eigenvalue weighted by Crippen LogP contribution is 2.26. The summed E-state index contributed by atoms with van der Waals surface area (Å²) in [6.07, 6.45) is 4.16. The Bertz CT molecular complexity index is 319. The van der Waals surface area contributed by atoms with Crippen LogP contribution in [0, 0.1) is 5.92 Å². The fourth-order valence-electron chi connectivity index (χ4n) is 1.87. The molecular weight excluding hydrogens is 214 g/mol. The van der Waals surface area contributed by atoms with E-state index in [2.05, 4.69) is 17.4 Å². The van der Waals surface area contributed by atoms with Crippen LogP contribution in [0.2, 0.25) is 0 Å².